The number of amides is 1. The van der Waals surface area contributed by atoms with Gasteiger partial charge >= 0.3 is 6.01 Å². The van der Waals surface area contributed by atoms with Crippen LogP contribution in [0.4, 0.5) is 6.01 Å². The molecular formula is C10H19N5O2. The van der Waals surface area contributed by atoms with Gasteiger partial charge in [0.25, 0.3) is 0 Å². The van der Waals surface area contributed by atoms with E-state index in [9.17, 15) is 4.79 Å². The number of rotatable bonds is 6. The van der Waals surface area contributed by atoms with Gasteiger partial charge in [0, 0.05) is 0 Å². The Morgan fingerprint density at radius 1 is 1.53 bits per heavy atom. The van der Waals surface area contributed by atoms with Crippen LogP contribution in [0.25, 0.3) is 0 Å². The van der Waals surface area contributed by atoms with Gasteiger partial charge in [-0.2, -0.15) is 0 Å². The van der Waals surface area contributed by atoms with Crippen LogP contribution in [0, 0.1) is 0 Å². The first kappa shape index (κ1) is 13.4. The van der Waals surface area contributed by atoms with Crippen LogP contribution in [0.5, 0.6) is 0 Å². The molecule has 1 amide bonds. The summed E-state index contributed by atoms with van der Waals surface area (Å²) >= 11 is 0. The third kappa shape index (κ3) is 3.42. The molecule has 4 N–H and O–H groups in total. The lowest BCUT2D eigenvalue weighted by atomic mass is 10.1. The number of nitrogens with one attached hydrogen (secondary N) is 2. The summed E-state index contributed by atoms with van der Waals surface area (Å²) in [4.78, 5) is 11.1. The summed E-state index contributed by atoms with van der Waals surface area (Å²) < 4.78 is 5.38. The van der Waals surface area contributed by atoms with Crippen molar-refractivity contribution in [2.45, 2.75) is 39.3 Å². The van der Waals surface area contributed by atoms with Gasteiger partial charge in [0.1, 0.15) is 5.54 Å². The van der Waals surface area contributed by atoms with Crippen molar-refractivity contribution in [3.05, 3.63) is 5.89 Å². The summed E-state index contributed by atoms with van der Waals surface area (Å²) in [5.74, 6) is -0.0217. The fourth-order valence-corrected chi connectivity index (χ4v) is 1.18. The predicted molar refractivity (Wildman–Crippen MR) is 63.3 cm³/mol. The molecule has 96 valence electrons. The van der Waals surface area contributed by atoms with Crippen LogP contribution in [0.1, 0.15) is 39.6 Å². The highest BCUT2D eigenvalue weighted by Gasteiger charge is 2.27. The number of hydrogen-bond donors (Lipinski definition) is 3. The molecule has 17 heavy (non-hydrogen) atoms. The van der Waals surface area contributed by atoms with E-state index >= 15 is 0 Å². The molecule has 1 atom stereocenters. The van der Waals surface area contributed by atoms with Gasteiger partial charge in [-0.1, -0.05) is 12.0 Å². The zero-order valence-electron chi connectivity index (χ0n) is 10.6. The number of aromatic nitrogens is 2. The van der Waals surface area contributed by atoms with Crippen molar-refractivity contribution in [1.29, 1.82) is 0 Å². The highest BCUT2D eigenvalue weighted by molar-refractivity contribution is 5.86. The number of nitrogens with two attached hydrogens (primary N) is 1. The van der Waals surface area contributed by atoms with Crippen LogP contribution >= 0.6 is 0 Å². The van der Waals surface area contributed by atoms with Gasteiger partial charge in [0.05, 0.1) is 6.04 Å². The monoisotopic (exact) mass is 241 g/mol. The molecule has 0 fully saturated rings. The highest BCUT2D eigenvalue weighted by atomic mass is 16.4. The zero-order chi connectivity index (χ0) is 13.1. The van der Waals surface area contributed by atoms with Crippen molar-refractivity contribution in [3.63, 3.8) is 0 Å². The van der Waals surface area contributed by atoms with E-state index in [0.29, 0.717) is 5.89 Å². The summed E-state index contributed by atoms with van der Waals surface area (Å²) in [5, 5.41) is 13.6. The topological polar surface area (TPSA) is 106 Å². The van der Waals surface area contributed by atoms with Crippen LogP contribution in [-0.2, 0) is 4.79 Å². The number of hydrogen-bond acceptors (Lipinski definition) is 6. The van der Waals surface area contributed by atoms with Crippen molar-refractivity contribution in [2.24, 2.45) is 5.73 Å². The molecule has 0 aliphatic carbocycles. The summed E-state index contributed by atoms with van der Waals surface area (Å²) in [7, 11) is 0. The first-order valence-electron chi connectivity index (χ1n) is 5.51. The smallest absolute Gasteiger partial charge is 0.316 e. The molecule has 1 aromatic rings. The van der Waals surface area contributed by atoms with E-state index in [4.69, 9.17) is 10.2 Å². The molecule has 7 nitrogen and oxygen atoms in total. The van der Waals surface area contributed by atoms with Crippen LogP contribution in [-0.4, -0.2) is 28.2 Å². The SMILES string of the molecule is CCNC(C)c1nnc(NC(C)(C)C(N)=O)o1. The second kappa shape index (κ2) is 5.13. The number of carbonyl (C=O) groups excluding carboxylic acids is 1. The van der Waals surface area contributed by atoms with Crippen LogP contribution in [0.2, 0.25) is 0 Å². The average Bonchev–Trinajstić information content (AvgIpc) is 2.65. The summed E-state index contributed by atoms with van der Waals surface area (Å²) in [6, 6.07) is 0.160. The minimum atomic E-state index is -0.925. The van der Waals surface area contributed by atoms with Gasteiger partial charge < -0.3 is 20.8 Å². The van der Waals surface area contributed by atoms with Crippen LogP contribution in [0.15, 0.2) is 4.42 Å². The van der Waals surface area contributed by atoms with Crippen molar-refractivity contribution in [2.75, 3.05) is 11.9 Å². The molecule has 0 radical (unpaired) electrons. The lowest BCUT2D eigenvalue weighted by Crippen LogP contribution is -2.45. The van der Waals surface area contributed by atoms with Crippen LogP contribution in [0.3, 0.4) is 0 Å². The lowest BCUT2D eigenvalue weighted by Gasteiger charge is -2.20. The molecule has 0 aliphatic heterocycles. The molecule has 1 rings (SSSR count). The van der Waals surface area contributed by atoms with E-state index in [0.717, 1.165) is 6.54 Å². The number of nitrogens with zero attached hydrogens (tertiary/aromatic N) is 2. The minimum Gasteiger partial charge on any atom is -0.406 e. The number of carbonyl (C=O) groups is 1. The molecule has 0 saturated carbocycles. The second-order valence-electron chi connectivity index (χ2n) is 4.34. The normalized spacial score (nSPS) is 13.4. The van der Waals surface area contributed by atoms with Crippen molar-refractivity contribution < 1.29 is 9.21 Å². The Labute approximate surface area is 100 Å². The van der Waals surface area contributed by atoms with Crippen molar-refractivity contribution >= 4 is 11.9 Å². The van der Waals surface area contributed by atoms with E-state index in [1.165, 1.54) is 0 Å². The fraction of sp³-hybridized carbons (Fsp3) is 0.700. The molecule has 0 spiro atoms. The molecule has 7 heteroatoms. The van der Waals surface area contributed by atoms with E-state index in [-0.39, 0.29) is 12.1 Å². The molecule has 0 saturated heterocycles. The summed E-state index contributed by atoms with van der Waals surface area (Å²) in [6.45, 7) is 8.00. The molecule has 1 unspecified atom stereocenters. The molecule has 1 aromatic heterocycles. The quantitative estimate of drug-likeness (QED) is 0.666. The van der Waals surface area contributed by atoms with Gasteiger partial charge in [-0.05, 0) is 27.3 Å². The minimum absolute atomic E-state index is 0.0280. The van der Waals surface area contributed by atoms with Gasteiger partial charge in [-0.25, -0.2) is 0 Å². The van der Waals surface area contributed by atoms with Gasteiger partial charge in [0.15, 0.2) is 0 Å². The first-order chi connectivity index (χ1) is 7.86. The Hall–Kier alpha value is -1.63. The Morgan fingerprint density at radius 2 is 2.18 bits per heavy atom. The molecule has 0 bridgehead atoms. The summed E-state index contributed by atoms with van der Waals surface area (Å²) in [5.41, 5.74) is 4.30. The standard InChI is InChI=1S/C10H19N5O2/c1-5-12-6(2)7-14-15-9(17-7)13-10(3,4)8(11)16/h6,12H,5H2,1-4H3,(H2,11,16)(H,13,15). The Kier molecular flexibility index (Phi) is 4.06. The van der Waals surface area contributed by atoms with E-state index < -0.39 is 11.4 Å². The number of anilines is 1. The van der Waals surface area contributed by atoms with Crippen LogP contribution < -0.4 is 16.4 Å². The predicted octanol–water partition coefficient (Wildman–Crippen LogP) is 0.416. The third-order valence-corrected chi connectivity index (χ3v) is 2.36. The second-order valence-corrected chi connectivity index (χ2v) is 4.34. The van der Waals surface area contributed by atoms with Crippen molar-refractivity contribution in [3.8, 4) is 0 Å². The maximum atomic E-state index is 11.1. The first-order valence-corrected chi connectivity index (χ1v) is 5.51. The van der Waals surface area contributed by atoms with Crippen molar-refractivity contribution in [1.82, 2.24) is 15.5 Å². The molecule has 0 aromatic carbocycles. The fourth-order valence-electron chi connectivity index (χ4n) is 1.18. The average molecular weight is 241 g/mol. The van der Waals surface area contributed by atoms with Gasteiger partial charge in [0.2, 0.25) is 11.8 Å². The summed E-state index contributed by atoms with van der Waals surface area (Å²) in [6.07, 6.45) is 0. The van der Waals surface area contributed by atoms with E-state index in [2.05, 4.69) is 20.8 Å². The molecule has 0 aliphatic rings. The highest BCUT2D eigenvalue weighted by Crippen LogP contribution is 2.17. The van der Waals surface area contributed by atoms with E-state index in [1.807, 2.05) is 13.8 Å². The Morgan fingerprint density at radius 3 is 2.71 bits per heavy atom. The maximum Gasteiger partial charge on any atom is 0.316 e. The maximum absolute atomic E-state index is 11.1. The molecular weight excluding hydrogens is 222 g/mol. The Bertz CT molecular complexity index is 388. The third-order valence-electron chi connectivity index (χ3n) is 2.36. The largest absolute Gasteiger partial charge is 0.406 e. The van der Waals surface area contributed by atoms with E-state index in [1.54, 1.807) is 13.8 Å². The molecule has 1 heterocycles. The number of primary amides is 1. The van der Waals surface area contributed by atoms with Gasteiger partial charge in [-0.15, -0.1) is 5.10 Å². The zero-order valence-corrected chi connectivity index (χ0v) is 10.6. The van der Waals surface area contributed by atoms with Gasteiger partial charge in [-0.3, -0.25) is 4.79 Å². The lowest BCUT2D eigenvalue weighted by molar-refractivity contribution is -0.121. The Balaban J connectivity index is 2.72.